The lowest BCUT2D eigenvalue weighted by atomic mass is 10.1. The van der Waals surface area contributed by atoms with Crippen LogP contribution < -0.4 is 5.32 Å². The number of aromatic amines is 1. The first-order valence-electron chi connectivity index (χ1n) is 5.56. The first-order valence-corrected chi connectivity index (χ1v) is 5.56. The van der Waals surface area contributed by atoms with E-state index in [0.29, 0.717) is 0 Å². The molecule has 2 N–H and O–H groups in total. The summed E-state index contributed by atoms with van der Waals surface area (Å²) in [5.41, 5.74) is 1.03. The van der Waals surface area contributed by atoms with E-state index in [9.17, 15) is 4.79 Å². The Hall–Kier alpha value is -1.32. The highest BCUT2D eigenvalue weighted by atomic mass is 16.1. The van der Waals surface area contributed by atoms with Crippen molar-refractivity contribution in [3.8, 4) is 0 Å². The molecular weight excluding hydrogens is 190 g/mol. The van der Waals surface area contributed by atoms with Crippen molar-refractivity contribution in [1.82, 2.24) is 15.5 Å². The van der Waals surface area contributed by atoms with Crippen molar-refractivity contribution in [3.05, 3.63) is 18.0 Å². The Morgan fingerprint density at radius 2 is 2.33 bits per heavy atom. The Bertz CT molecular complexity index is 315. The quantitative estimate of drug-likeness (QED) is 0.793. The molecule has 2 rings (SSSR count). The molecule has 4 heteroatoms. The van der Waals surface area contributed by atoms with E-state index in [1.54, 1.807) is 6.20 Å². The van der Waals surface area contributed by atoms with E-state index in [-0.39, 0.29) is 17.9 Å². The zero-order chi connectivity index (χ0) is 10.7. The van der Waals surface area contributed by atoms with Crippen LogP contribution in [0, 0.1) is 5.92 Å². The van der Waals surface area contributed by atoms with Crippen molar-refractivity contribution in [3.63, 3.8) is 0 Å². The summed E-state index contributed by atoms with van der Waals surface area (Å²) in [5.74, 6) is 0.431. The highest BCUT2D eigenvalue weighted by Gasteiger charge is 2.23. The van der Waals surface area contributed by atoms with E-state index >= 15 is 0 Å². The minimum atomic E-state index is 0.0526. The molecule has 82 valence electrons. The van der Waals surface area contributed by atoms with Crippen LogP contribution in [-0.4, -0.2) is 16.1 Å². The number of nitrogens with one attached hydrogen (secondary N) is 2. The van der Waals surface area contributed by atoms with Crippen LogP contribution in [0.4, 0.5) is 0 Å². The van der Waals surface area contributed by atoms with Gasteiger partial charge in [-0.2, -0.15) is 5.10 Å². The molecule has 1 heterocycles. The van der Waals surface area contributed by atoms with E-state index < -0.39 is 0 Å². The highest BCUT2D eigenvalue weighted by Crippen LogP contribution is 2.25. The number of amides is 1. The van der Waals surface area contributed by atoms with Gasteiger partial charge in [-0.05, 0) is 19.8 Å². The van der Waals surface area contributed by atoms with Gasteiger partial charge in [0.25, 0.3) is 0 Å². The fraction of sp³-hybridized carbons (Fsp3) is 0.636. The second-order valence-electron chi connectivity index (χ2n) is 4.24. The minimum Gasteiger partial charge on any atom is -0.349 e. The van der Waals surface area contributed by atoms with Gasteiger partial charge in [0, 0.05) is 17.7 Å². The van der Waals surface area contributed by atoms with E-state index in [1.807, 2.05) is 13.1 Å². The monoisotopic (exact) mass is 207 g/mol. The molecule has 1 aliphatic carbocycles. The second-order valence-corrected chi connectivity index (χ2v) is 4.24. The second kappa shape index (κ2) is 4.47. The van der Waals surface area contributed by atoms with Crippen LogP contribution in [0.15, 0.2) is 12.4 Å². The van der Waals surface area contributed by atoms with Gasteiger partial charge >= 0.3 is 0 Å². The SMILES string of the molecule is CC(NC(=O)C1CCCC1)c1cn[nH]c1. The molecule has 1 atom stereocenters. The number of carbonyl (C=O) groups is 1. The molecule has 1 unspecified atom stereocenters. The van der Waals surface area contributed by atoms with Gasteiger partial charge in [0.1, 0.15) is 0 Å². The number of hydrogen-bond donors (Lipinski definition) is 2. The largest absolute Gasteiger partial charge is 0.349 e. The summed E-state index contributed by atoms with van der Waals surface area (Å²) in [5, 5.41) is 9.65. The van der Waals surface area contributed by atoms with Crippen LogP contribution in [-0.2, 0) is 4.79 Å². The summed E-state index contributed by atoms with van der Waals surface area (Å²) in [7, 11) is 0. The lowest BCUT2D eigenvalue weighted by Crippen LogP contribution is -2.31. The van der Waals surface area contributed by atoms with Crippen molar-refractivity contribution in [1.29, 1.82) is 0 Å². The average molecular weight is 207 g/mol. The Kier molecular flexibility index (Phi) is 3.04. The molecule has 15 heavy (non-hydrogen) atoms. The Balaban J connectivity index is 1.88. The average Bonchev–Trinajstić information content (AvgIpc) is 2.91. The lowest BCUT2D eigenvalue weighted by molar-refractivity contribution is -0.125. The van der Waals surface area contributed by atoms with E-state index in [2.05, 4.69) is 15.5 Å². The van der Waals surface area contributed by atoms with Gasteiger partial charge in [-0.3, -0.25) is 9.89 Å². The number of H-pyrrole nitrogens is 1. The van der Waals surface area contributed by atoms with Crippen molar-refractivity contribution < 1.29 is 4.79 Å². The highest BCUT2D eigenvalue weighted by molar-refractivity contribution is 5.79. The molecule has 1 fully saturated rings. The summed E-state index contributed by atoms with van der Waals surface area (Å²) in [6.45, 7) is 1.98. The van der Waals surface area contributed by atoms with Gasteiger partial charge in [-0.25, -0.2) is 0 Å². The number of carbonyl (C=O) groups excluding carboxylic acids is 1. The maximum Gasteiger partial charge on any atom is 0.223 e. The van der Waals surface area contributed by atoms with Crippen molar-refractivity contribution in [2.75, 3.05) is 0 Å². The zero-order valence-corrected chi connectivity index (χ0v) is 8.99. The normalized spacial score (nSPS) is 19.0. The van der Waals surface area contributed by atoms with Crippen LogP contribution in [0.25, 0.3) is 0 Å². The van der Waals surface area contributed by atoms with Gasteiger partial charge in [-0.1, -0.05) is 12.8 Å². The number of hydrogen-bond acceptors (Lipinski definition) is 2. The third-order valence-electron chi connectivity index (χ3n) is 3.10. The Morgan fingerprint density at radius 3 is 2.93 bits per heavy atom. The smallest absolute Gasteiger partial charge is 0.223 e. The molecule has 0 radical (unpaired) electrons. The standard InChI is InChI=1S/C11H17N3O/c1-8(10-6-12-13-7-10)14-11(15)9-4-2-3-5-9/h6-9H,2-5H2,1H3,(H,12,13)(H,14,15). The number of aromatic nitrogens is 2. The summed E-state index contributed by atoms with van der Waals surface area (Å²) in [4.78, 5) is 11.8. The zero-order valence-electron chi connectivity index (χ0n) is 8.99. The third kappa shape index (κ3) is 2.37. The fourth-order valence-corrected chi connectivity index (χ4v) is 2.10. The molecular formula is C11H17N3O. The maximum atomic E-state index is 11.8. The van der Waals surface area contributed by atoms with Gasteiger partial charge < -0.3 is 5.32 Å². The van der Waals surface area contributed by atoms with E-state index in [0.717, 1.165) is 18.4 Å². The topological polar surface area (TPSA) is 57.8 Å². The first-order chi connectivity index (χ1) is 7.27. The van der Waals surface area contributed by atoms with Gasteiger partial charge in [0.15, 0.2) is 0 Å². The Morgan fingerprint density at radius 1 is 1.60 bits per heavy atom. The molecule has 4 nitrogen and oxygen atoms in total. The van der Waals surface area contributed by atoms with Gasteiger partial charge in [-0.15, -0.1) is 0 Å². The predicted octanol–water partition coefficient (Wildman–Crippen LogP) is 1.78. The molecule has 0 spiro atoms. The summed E-state index contributed by atoms with van der Waals surface area (Å²) < 4.78 is 0. The van der Waals surface area contributed by atoms with Crippen molar-refractivity contribution in [2.24, 2.45) is 5.92 Å². The minimum absolute atomic E-state index is 0.0526. The molecule has 0 aromatic carbocycles. The summed E-state index contributed by atoms with van der Waals surface area (Å²) >= 11 is 0. The molecule has 1 aromatic rings. The molecule has 0 aliphatic heterocycles. The Labute approximate surface area is 89.5 Å². The molecule has 1 saturated carbocycles. The van der Waals surface area contributed by atoms with Crippen molar-refractivity contribution in [2.45, 2.75) is 38.6 Å². The third-order valence-corrected chi connectivity index (χ3v) is 3.10. The van der Waals surface area contributed by atoms with Crippen LogP contribution >= 0.6 is 0 Å². The molecule has 0 saturated heterocycles. The summed E-state index contributed by atoms with van der Waals surface area (Å²) in [6.07, 6.45) is 8.05. The van der Waals surface area contributed by atoms with Crippen LogP contribution in [0.2, 0.25) is 0 Å². The maximum absolute atomic E-state index is 11.8. The summed E-state index contributed by atoms with van der Waals surface area (Å²) in [6, 6.07) is 0.0526. The van der Waals surface area contributed by atoms with Gasteiger partial charge in [0.2, 0.25) is 5.91 Å². The molecule has 1 amide bonds. The molecule has 0 bridgehead atoms. The van der Waals surface area contributed by atoms with Gasteiger partial charge in [0.05, 0.1) is 12.2 Å². The van der Waals surface area contributed by atoms with Crippen LogP contribution in [0.1, 0.15) is 44.2 Å². The number of nitrogens with zero attached hydrogens (tertiary/aromatic N) is 1. The molecule has 1 aliphatic rings. The fourth-order valence-electron chi connectivity index (χ4n) is 2.10. The van der Waals surface area contributed by atoms with E-state index in [1.165, 1.54) is 12.8 Å². The van der Waals surface area contributed by atoms with Crippen LogP contribution in [0.5, 0.6) is 0 Å². The number of rotatable bonds is 3. The molecule has 1 aromatic heterocycles. The van der Waals surface area contributed by atoms with E-state index in [4.69, 9.17) is 0 Å². The van der Waals surface area contributed by atoms with Crippen molar-refractivity contribution >= 4 is 5.91 Å². The lowest BCUT2D eigenvalue weighted by Gasteiger charge is -2.15. The van der Waals surface area contributed by atoms with Crippen LogP contribution in [0.3, 0.4) is 0 Å². The predicted molar refractivity (Wildman–Crippen MR) is 57.1 cm³/mol. The first kappa shape index (κ1) is 10.2.